The van der Waals surface area contributed by atoms with E-state index in [-0.39, 0.29) is 0 Å². The maximum atomic E-state index is 11.5. The summed E-state index contributed by atoms with van der Waals surface area (Å²) in [5, 5.41) is 11.5. The largest absolute Gasteiger partial charge is 0.497 e. The lowest BCUT2D eigenvalue weighted by Gasteiger charge is -2.37. The van der Waals surface area contributed by atoms with Gasteiger partial charge in [0.1, 0.15) is 5.75 Å². The van der Waals surface area contributed by atoms with Crippen LogP contribution in [0.3, 0.4) is 0 Å². The Balaban J connectivity index is 1.42. The quantitative estimate of drug-likeness (QED) is 0.711. The Morgan fingerprint density at radius 2 is 1.55 bits per heavy atom. The molecule has 0 amide bonds. The smallest absolute Gasteiger partial charge is 0.118 e. The van der Waals surface area contributed by atoms with E-state index in [1.807, 2.05) is 12.1 Å². The number of methoxy groups -OCH3 is 1. The lowest BCUT2D eigenvalue weighted by molar-refractivity contribution is 0.0608. The molecule has 31 heavy (non-hydrogen) atoms. The molecule has 4 heteroatoms. The summed E-state index contributed by atoms with van der Waals surface area (Å²) in [6.07, 6.45) is 7.43. The zero-order valence-corrected chi connectivity index (χ0v) is 18.8. The van der Waals surface area contributed by atoms with Gasteiger partial charge in [0, 0.05) is 39.3 Å². The first kappa shape index (κ1) is 22.1. The molecular weight excluding hydrogens is 384 g/mol. The van der Waals surface area contributed by atoms with E-state index in [0.29, 0.717) is 0 Å². The maximum absolute atomic E-state index is 11.5. The van der Waals surface area contributed by atoms with Crippen LogP contribution < -0.4 is 4.74 Å². The summed E-state index contributed by atoms with van der Waals surface area (Å²) in [5.41, 5.74) is 2.90. The fourth-order valence-corrected chi connectivity index (χ4v) is 4.95. The highest BCUT2D eigenvalue weighted by atomic mass is 16.5. The van der Waals surface area contributed by atoms with Gasteiger partial charge in [-0.2, -0.15) is 0 Å². The summed E-state index contributed by atoms with van der Waals surface area (Å²) < 4.78 is 5.33. The number of hydrogen-bond donors (Lipinski definition) is 1. The van der Waals surface area contributed by atoms with Crippen LogP contribution in [0.15, 0.2) is 60.7 Å². The van der Waals surface area contributed by atoms with Crippen molar-refractivity contribution >= 4 is 5.57 Å². The highest BCUT2D eigenvalue weighted by Gasteiger charge is 2.34. The SMILES string of the molecule is COc1ccc(C(=CCN2CCN(Cc3ccccc3)CC2)C2(O)CCCCC2)cc1. The second kappa shape index (κ2) is 10.4. The average Bonchev–Trinajstić information content (AvgIpc) is 2.82. The third kappa shape index (κ3) is 5.76. The fourth-order valence-electron chi connectivity index (χ4n) is 4.95. The van der Waals surface area contributed by atoms with Crippen LogP contribution >= 0.6 is 0 Å². The van der Waals surface area contributed by atoms with Crippen LogP contribution in [-0.4, -0.2) is 60.3 Å². The van der Waals surface area contributed by atoms with Crippen molar-refractivity contribution in [2.24, 2.45) is 0 Å². The van der Waals surface area contributed by atoms with Crippen molar-refractivity contribution in [1.29, 1.82) is 0 Å². The molecule has 1 N–H and O–H groups in total. The third-order valence-corrected chi connectivity index (χ3v) is 6.85. The fraction of sp³-hybridized carbons (Fsp3) is 0.481. The Morgan fingerprint density at radius 3 is 2.19 bits per heavy atom. The van der Waals surface area contributed by atoms with Crippen LogP contribution in [0, 0.1) is 0 Å². The van der Waals surface area contributed by atoms with Crippen LogP contribution in [0.1, 0.15) is 43.2 Å². The van der Waals surface area contributed by atoms with Crippen LogP contribution in [0.2, 0.25) is 0 Å². The first-order chi connectivity index (χ1) is 15.2. The molecule has 1 aliphatic heterocycles. The topological polar surface area (TPSA) is 35.9 Å². The molecule has 2 fully saturated rings. The molecule has 0 bridgehead atoms. The summed E-state index contributed by atoms with van der Waals surface area (Å²) in [5.74, 6) is 0.855. The van der Waals surface area contributed by atoms with E-state index in [2.05, 4.69) is 58.3 Å². The van der Waals surface area contributed by atoms with Gasteiger partial charge < -0.3 is 9.84 Å². The van der Waals surface area contributed by atoms with Crippen molar-refractivity contribution in [3.05, 3.63) is 71.8 Å². The first-order valence-electron chi connectivity index (χ1n) is 11.7. The van der Waals surface area contributed by atoms with Crippen LogP contribution in [-0.2, 0) is 6.54 Å². The predicted octanol–water partition coefficient (Wildman–Crippen LogP) is 4.59. The highest BCUT2D eigenvalue weighted by molar-refractivity contribution is 5.72. The molecule has 0 atom stereocenters. The van der Waals surface area contributed by atoms with Crippen molar-refractivity contribution in [1.82, 2.24) is 9.80 Å². The van der Waals surface area contributed by atoms with E-state index in [1.54, 1.807) is 7.11 Å². The molecular formula is C27H36N2O2. The van der Waals surface area contributed by atoms with Crippen LogP contribution in [0.5, 0.6) is 5.75 Å². The van der Waals surface area contributed by atoms with Gasteiger partial charge in [-0.05, 0) is 41.7 Å². The molecule has 0 spiro atoms. The van der Waals surface area contributed by atoms with E-state index >= 15 is 0 Å². The van der Waals surface area contributed by atoms with Gasteiger partial charge in [-0.1, -0.05) is 67.8 Å². The van der Waals surface area contributed by atoms with Crippen molar-refractivity contribution in [2.75, 3.05) is 39.8 Å². The average molecular weight is 421 g/mol. The molecule has 1 saturated heterocycles. The molecule has 4 rings (SSSR count). The second-order valence-electron chi connectivity index (χ2n) is 9.00. The molecule has 2 aromatic carbocycles. The van der Waals surface area contributed by atoms with Gasteiger partial charge in [0.15, 0.2) is 0 Å². The summed E-state index contributed by atoms with van der Waals surface area (Å²) in [6.45, 7) is 6.23. The number of piperazine rings is 1. The zero-order valence-electron chi connectivity index (χ0n) is 18.8. The Kier molecular flexibility index (Phi) is 7.44. The van der Waals surface area contributed by atoms with Crippen molar-refractivity contribution < 1.29 is 9.84 Å². The van der Waals surface area contributed by atoms with Gasteiger partial charge in [-0.15, -0.1) is 0 Å². The molecule has 0 unspecified atom stereocenters. The lowest BCUT2D eigenvalue weighted by atomic mass is 9.76. The van der Waals surface area contributed by atoms with Crippen molar-refractivity contribution in [3.63, 3.8) is 0 Å². The third-order valence-electron chi connectivity index (χ3n) is 6.85. The van der Waals surface area contributed by atoms with Crippen LogP contribution in [0.25, 0.3) is 5.57 Å². The minimum Gasteiger partial charge on any atom is -0.497 e. The number of rotatable bonds is 7. The molecule has 2 aromatic rings. The van der Waals surface area contributed by atoms with Crippen molar-refractivity contribution in [3.8, 4) is 5.75 Å². The van der Waals surface area contributed by atoms with Crippen molar-refractivity contribution in [2.45, 2.75) is 44.2 Å². The number of nitrogens with zero attached hydrogens (tertiary/aromatic N) is 2. The summed E-state index contributed by atoms with van der Waals surface area (Å²) in [7, 11) is 1.69. The van der Waals surface area contributed by atoms with Gasteiger partial charge in [0.25, 0.3) is 0 Å². The number of ether oxygens (including phenoxy) is 1. The minimum atomic E-state index is -0.706. The van der Waals surface area contributed by atoms with Gasteiger partial charge in [0.2, 0.25) is 0 Å². The summed E-state index contributed by atoms with van der Waals surface area (Å²) >= 11 is 0. The second-order valence-corrected chi connectivity index (χ2v) is 9.00. The Bertz CT molecular complexity index is 833. The Morgan fingerprint density at radius 1 is 0.903 bits per heavy atom. The van der Waals surface area contributed by atoms with Gasteiger partial charge >= 0.3 is 0 Å². The van der Waals surface area contributed by atoms with E-state index in [9.17, 15) is 5.11 Å². The number of benzene rings is 2. The van der Waals surface area contributed by atoms with E-state index in [1.165, 1.54) is 12.0 Å². The molecule has 2 aliphatic rings. The normalized spacial score (nSPS) is 20.5. The van der Waals surface area contributed by atoms with Gasteiger partial charge in [-0.25, -0.2) is 0 Å². The zero-order chi connectivity index (χ0) is 21.5. The summed E-state index contributed by atoms with van der Waals surface area (Å²) in [6, 6.07) is 18.9. The Hall–Kier alpha value is -2.14. The van der Waals surface area contributed by atoms with E-state index < -0.39 is 5.60 Å². The first-order valence-corrected chi connectivity index (χ1v) is 11.7. The monoisotopic (exact) mass is 420 g/mol. The summed E-state index contributed by atoms with van der Waals surface area (Å²) in [4.78, 5) is 5.05. The molecule has 1 aliphatic carbocycles. The minimum absolute atomic E-state index is 0.706. The molecule has 1 saturated carbocycles. The Labute approximate surface area is 187 Å². The van der Waals surface area contributed by atoms with Gasteiger partial charge in [-0.3, -0.25) is 9.80 Å². The van der Waals surface area contributed by atoms with Gasteiger partial charge in [0.05, 0.1) is 12.7 Å². The number of hydrogen-bond acceptors (Lipinski definition) is 4. The lowest BCUT2D eigenvalue weighted by Crippen LogP contribution is -2.46. The van der Waals surface area contributed by atoms with Crippen LogP contribution in [0.4, 0.5) is 0 Å². The van der Waals surface area contributed by atoms with E-state index in [0.717, 1.165) is 81.8 Å². The predicted molar refractivity (Wildman–Crippen MR) is 127 cm³/mol. The highest BCUT2D eigenvalue weighted by Crippen LogP contribution is 2.39. The standard InChI is InChI=1S/C27H36N2O2/c1-31-25-12-10-24(11-13-25)26(27(30)15-6-3-7-16-27)14-17-28-18-20-29(21-19-28)22-23-8-4-2-5-9-23/h2,4-5,8-14,30H,3,6-7,15-22H2,1H3. The molecule has 4 nitrogen and oxygen atoms in total. The molecule has 0 aromatic heterocycles. The number of aliphatic hydroxyl groups is 1. The van der Waals surface area contributed by atoms with E-state index in [4.69, 9.17) is 4.74 Å². The maximum Gasteiger partial charge on any atom is 0.118 e. The molecule has 0 radical (unpaired) electrons. The molecule has 1 heterocycles. The molecule has 166 valence electrons.